The fraction of sp³-hybridized carbons (Fsp3) is 0.346. The lowest BCUT2D eigenvalue weighted by atomic mass is 10.1. The normalized spacial score (nSPS) is 17.2. The van der Waals surface area contributed by atoms with Gasteiger partial charge >= 0.3 is 5.56 Å². The van der Waals surface area contributed by atoms with Crippen LogP contribution in [0.15, 0.2) is 63.4 Å². The summed E-state index contributed by atoms with van der Waals surface area (Å²) in [6, 6.07) is 9.63. The Morgan fingerprint density at radius 1 is 1.12 bits per heavy atom. The Balaban J connectivity index is 1.36. The van der Waals surface area contributed by atoms with Crippen LogP contribution in [-0.4, -0.2) is 80.8 Å². The minimum Gasteiger partial charge on any atom is -0.501 e. The number of carbonyl (C=O) groups excluding carboxylic acids is 2. The van der Waals surface area contributed by atoms with Crippen LogP contribution in [0.3, 0.4) is 0 Å². The molecule has 2 amide bonds. The van der Waals surface area contributed by atoms with Crippen molar-refractivity contribution in [3.63, 3.8) is 0 Å². The Morgan fingerprint density at radius 2 is 1.93 bits per heavy atom. The molecule has 3 aromatic rings. The van der Waals surface area contributed by atoms with Crippen LogP contribution in [-0.2, 0) is 21.2 Å². The van der Waals surface area contributed by atoms with Crippen molar-refractivity contribution in [1.29, 1.82) is 0 Å². The minimum atomic E-state index is -3.70. The number of rotatable bonds is 8. The maximum Gasteiger partial charge on any atom is 0.315 e. The van der Waals surface area contributed by atoms with Gasteiger partial charge in [0.1, 0.15) is 5.82 Å². The second-order valence-corrected chi connectivity index (χ2v) is 12.9. The second kappa shape index (κ2) is 11.6. The molecule has 1 N–H and O–H groups in total. The molecule has 1 atom stereocenters. The van der Waals surface area contributed by atoms with Crippen LogP contribution in [0.1, 0.15) is 35.2 Å². The molecule has 1 aromatic carbocycles. The number of nitrogens with zero attached hydrogens (tertiary/aromatic N) is 5. The number of carbonyl (C=O) groups is 2. The molecule has 0 bridgehead atoms. The molecule has 210 valence electrons. The van der Waals surface area contributed by atoms with E-state index in [1.807, 2.05) is 18.2 Å². The smallest absolute Gasteiger partial charge is 0.315 e. The molecule has 0 aliphatic carbocycles. The van der Waals surface area contributed by atoms with E-state index in [-0.39, 0.29) is 53.5 Å². The number of pyridine rings is 1. The Morgan fingerprint density at radius 3 is 2.67 bits per heavy atom. The summed E-state index contributed by atoms with van der Waals surface area (Å²) in [6.45, 7) is 0.658. The van der Waals surface area contributed by atoms with E-state index < -0.39 is 33.1 Å². The van der Waals surface area contributed by atoms with E-state index in [4.69, 9.17) is 11.6 Å². The van der Waals surface area contributed by atoms with Gasteiger partial charge in [-0.05, 0) is 37.1 Å². The minimum absolute atomic E-state index is 0.0455. The lowest BCUT2D eigenvalue weighted by Gasteiger charge is -2.33. The molecule has 4 heterocycles. The molecule has 2 aliphatic rings. The number of hydrogen-bond donors (Lipinski definition) is 1. The number of likely N-dealkylation sites (tertiary alicyclic amines) is 1. The molecule has 2 aromatic heterocycles. The van der Waals surface area contributed by atoms with Crippen LogP contribution in [0, 0.1) is 0 Å². The van der Waals surface area contributed by atoms with Crippen LogP contribution in [0.25, 0.3) is 0 Å². The van der Waals surface area contributed by atoms with Gasteiger partial charge < -0.3 is 19.5 Å². The van der Waals surface area contributed by atoms with Gasteiger partial charge in [0.2, 0.25) is 11.7 Å². The summed E-state index contributed by atoms with van der Waals surface area (Å²) in [5, 5.41) is 11.1. The first kappa shape index (κ1) is 28.1. The van der Waals surface area contributed by atoms with Gasteiger partial charge in [-0.1, -0.05) is 23.7 Å². The molecule has 11 nitrogen and oxygen atoms in total. The molecular formula is C26H26ClN5O6S2. The molecule has 1 unspecified atom stereocenters. The number of aromatic nitrogens is 3. The number of thioether (sulfide) groups is 1. The topological polar surface area (TPSA) is 143 Å². The van der Waals surface area contributed by atoms with E-state index in [9.17, 15) is 27.9 Å². The van der Waals surface area contributed by atoms with E-state index in [1.165, 1.54) is 45.8 Å². The molecule has 0 spiro atoms. The average molecular weight is 604 g/mol. The van der Waals surface area contributed by atoms with Crippen molar-refractivity contribution < 1.29 is 23.1 Å². The summed E-state index contributed by atoms with van der Waals surface area (Å²) < 4.78 is 26.9. The van der Waals surface area contributed by atoms with Gasteiger partial charge in [-0.2, -0.15) is 4.98 Å². The Labute approximate surface area is 239 Å². The summed E-state index contributed by atoms with van der Waals surface area (Å²) in [7, 11) is -3.70. The number of halogens is 1. The lowest BCUT2D eigenvalue weighted by Crippen LogP contribution is -2.46. The first-order chi connectivity index (χ1) is 19.2. The first-order valence-corrected chi connectivity index (χ1v) is 15.6. The molecule has 40 heavy (non-hydrogen) atoms. The van der Waals surface area contributed by atoms with Gasteiger partial charge in [-0.15, -0.1) is 11.8 Å². The highest BCUT2D eigenvalue weighted by molar-refractivity contribution is 8.00. The zero-order chi connectivity index (χ0) is 28.4. The molecule has 14 heteroatoms. The number of benzene rings is 1. The van der Waals surface area contributed by atoms with Gasteiger partial charge in [-0.3, -0.25) is 19.4 Å². The third kappa shape index (κ3) is 5.58. The lowest BCUT2D eigenvalue weighted by molar-refractivity contribution is -0.129. The van der Waals surface area contributed by atoms with Crippen molar-refractivity contribution in [3.8, 4) is 5.75 Å². The van der Waals surface area contributed by atoms with Gasteiger partial charge in [0.15, 0.2) is 15.5 Å². The largest absolute Gasteiger partial charge is 0.501 e. The van der Waals surface area contributed by atoms with E-state index in [2.05, 4.69) is 9.97 Å². The van der Waals surface area contributed by atoms with Crippen molar-refractivity contribution in [3.05, 3.63) is 75.7 Å². The fourth-order valence-electron chi connectivity index (χ4n) is 4.94. The van der Waals surface area contributed by atoms with E-state index in [1.54, 1.807) is 11.0 Å². The number of aromatic hydroxyl groups is 1. The number of sulfone groups is 1. The molecule has 2 aliphatic heterocycles. The van der Waals surface area contributed by atoms with Crippen LogP contribution in [0.2, 0.25) is 5.02 Å². The van der Waals surface area contributed by atoms with Crippen molar-refractivity contribution in [2.75, 3.05) is 31.1 Å². The summed E-state index contributed by atoms with van der Waals surface area (Å²) in [6.07, 6.45) is 3.94. The maximum absolute atomic E-state index is 13.4. The fourth-order valence-corrected chi connectivity index (χ4v) is 7.27. The molecule has 0 saturated carbocycles. The van der Waals surface area contributed by atoms with Gasteiger partial charge in [0.25, 0.3) is 5.91 Å². The standard InChI is InChI=1S/C26H26ClN5O6S2/c27-18-6-1-2-8-20(18)39-16-21(33)31-10-4-7-19(31)24-29-25(35)23(34)22-26(36)30(11-12-32(22)24)13-14-40(37,38)17-5-3-9-28-15-17/h1-3,5-6,8-9,15,19,34H,4,7,10-14,16H2. The van der Waals surface area contributed by atoms with Gasteiger partial charge in [0.05, 0.1) is 27.5 Å². The van der Waals surface area contributed by atoms with Crippen LogP contribution < -0.4 is 5.56 Å². The Kier molecular flexibility index (Phi) is 8.15. The predicted octanol–water partition coefficient (Wildman–Crippen LogP) is 2.38. The Bertz CT molecular complexity index is 1620. The third-order valence-electron chi connectivity index (χ3n) is 6.96. The second-order valence-electron chi connectivity index (χ2n) is 9.39. The molecule has 5 rings (SSSR count). The van der Waals surface area contributed by atoms with Crippen LogP contribution in [0.5, 0.6) is 5.75 Å². The van der Waals surface area contributed by atoms with E-state index in [0.29, 0.717) is 24.4 Å². The maximum atomic E-state index is 13.4. The zero-order valence-corrected chi connectivity index (χ0v) is 23.7. The molecule has 0 radical (unpaired) electrons. The van der Waals surface area contributed by atoms with Crippen LogP contribution in [0.4, 0.5) is 0 Å². The summed E-state index contributed by atoms with van der Waals surface area (Å²) >= 11 is 7.53. The van der Waals surface area contributed by atoms with Crippen molar-refractivity contribution >= 4 is 45.0 Å². The number of amides is 2. The predicted molar refractivity (Wildman–Crippen MR) is 148 cm³/mol. The number of hydrogen-bond acceptors (Lipinski definition) is 9. The monoisotopic (exact) mass is 603 g/mol. The highest BCUT2D eigenvalue weighted by Gasteiger charge is 2.38. The summed E-state index contributed by atoms with van der Waals surface area (Å²) in [4.78, 5) is 51.0. The molecule has 1 fully saturated rings. The SMILES string of the molecule is O=C1c2c(O)c(=O)nc(C3CCCN3C(=O)CSc3ccccc3Cl)n2CCN1CCS(=O)(=O)c1cccnc1. The highest BCUT2D eigenvalue weighted by atomic mass is 35.5. The quantitative estimate of drug-likeness (QED) is 0.384. The van der Waals surface area contributed by atoms with Gasteiger partial charge in [-0.25, -0.2) is 8.42 Å². The van der Waals surface area contributed by atoms with Crippen molar-refractivity contribution in [1.82, 2.24) is 24.3 Å². The first-order valence-electron chi connectivity index (χ1n) is 12.6. The van der Waals surface area contributed by atoms with Crippen molar-refractivity contribution in [2.24, 2.45) is 0 Å². The highest BCUT2D eigenvalue weighted by Crippen LogP contribution is 2.35. The molecular weight excluding hydrogens is 578 g/mol. The van der Waals surface area contributed by atoms with Gasteiger partial charge in [0, 0.05) is 43.5 Å². The Hall–Kier alpha value is -3.42. The van der Waals surface area contributed by atoms with E-state index in [0.717, 1.165) is 4.90 Å². The summed E-state index contributed by atoms with van der Waals surface area (Å²) in [5.41, 5.74) is -1.21. The molecule has 1 saturated heterocycles. The van der Waals surface area contributed by atoms with E-state index >= 15 is 0 Å². The van der Waals surface area contributed by atoms with Crippen molar-refractivity contribution in [2.45, 2.75) is 35.2 Å². The average Bonchev–Trinajstić information content (AvgIpc) is 3.44. The third-order valence-corrected chi connectivity index (χ3v) is 10.1. The zero-order valence-electron chi connectivity index (χ0n) is 21.3. The van der Waals surface area contributed by atoms with Crippen LogP contribution >= 0.6 is 23.4 Å². The number of fused-ring (bicyclic) bond motifs is 1. The summed E-state index contributed by atoms with van der Waals surface area (Å²) in [5.74, 6) is -1.60.